The smallest absolute Gasteiger partial charge is 0.273 e. The van der Waals surface area contributed by atoms with Crippen LogP contribution in [-0.2, 0) is 42.9 Å². The van der Waals surface area contributed by atoms with E-state index in [1.54, 1.807) is 20.2 Å². The predicted molar refractivity (Wildman–Crippen MR) is 152 cm³/mol. The van der Waals surface area contributed by atoms with Crippen LogP contribution in [0.15, 0.2) is 21.8 Å². The average molecular weight is 636 g/mol. The second-order valence-electron chi connectivity index (χ2n) is 10.5. The maximum absolute atomic E-state index is 15.6. The van der Waals surface area contributed by atoms with Gasteiger partial charge in [-0.3, -0.25) is 9.48 Å². The number of anilines is 1. The lowest BCUT2D eigenvalue weighted by Crippen LogP contribution is -2.41. The fraction of sp³-hybridized carbons (Fsp3) is 0.481. The molecule has 1 aliphatic carbocycles. The highest BCUT2D eigenvalue weighted by Crippen LogP contribution is 2.49. The number of halogens is 3. The van der Waals surface area contributed by atoms with Crippen molar-refractivity contribution in [3.8, 4) is 0 Å². The average Bonchev–Trinajstić information content (AvgIpc) is 3.21. The fourth-order valence-corrected chi connectivity index (χ4v) is 7.24. The summed E-state index contributed by atoms with van der Waals surface area (Å²) >= 11 is 11.4. The summed E-state index contributed by atoms with van der Waals surface area (Å²) < 4.78 is 24.5. The maximum Gasteiger partial charge on any atom is 0.273 e. The van der Waals surface area contributed by atoms with E-state index in [9.17, 15) is 4.79 Å². The van der Waals surface area contributed by atoms with Gasteiger partial charge in [0.2, 0.25) is 0 Å². The molecule has 206 valence electrons. The van der Waals surface area contributed by atoms with Crippen LogP contribution in [0.2, 0.25) is 5.02 Å². The second-order valence-corrected chi connectivity index (χ2v) is 12.5. The van der Waals surface area contributed by atoms with Crippen LogP contribution < -0.4 is 4.90 Å². The van der Waals surface area contributed by atoms with Gasteiger partial charge >= 0.3 is 0 Å². The number of hydrogen-bond donors (Lipinski definition) is 0. The third kappa shape index (κ3) is 4.65. The van der Waals surface area contributed by atoms with Crippen LogP contribution in [0.4, 0.5) is 10.2 Å². The zero-order valence-electron chi connectivity index (χ0n) is 22.1. The molecule has 0 radical (unpaired) electrons. The Bertz CT molecular complexity index is 1480. The van der Waals surface area contributed by atoms with Crippen molar-refractivity contribution in [2.75, 3.05) is 31.8 Å². The summed E-state index contributed by atoms with van der Waals surface area (Å²) in [5.41, 5.74) is 3.80. The highest BCUT2D eigenvalue weighted by Gasteiger charge is 2.45. The number of amides is 1. The largest absolute Gasteiger partial charge is 0.365 e. The molecule has 1 unspecified atom stereocenters. The van der Waals surface area contributed by atoms with Gasteiger partial charge in [-0.1, -0.05) is 23.4 Å². The van der Waals surface area contributed by atoms with Crippen LogP contribution in [0, 0.1) is 5.82 Å². The summed E-state index contributed by atoms with van der Waals surface area (Å²) in [4.78, 5) is 26.1. The molecular formula is C27H29BrClFN6O2S. The van der Waals surface area contributed by atoms with Crippen molar-refractivity contribution in [1.82, 2.24) is 24.6 Å². The van der Waals surface area contributed by atoms with Crippen molar-refractivity contribution >= 4 is 51.0 Å². The number of fused-ring (bicyclic) bond motifs is 4. The number of thioether (sulfide) groups is 1. The molecule has 8 nitrogen and oxygen atoms in total. The SMILES string of the molecule is CSc1nc2c(c(N3CCCn4nc(C(=O)N(C)C)cc4C3)n1)COC1(CCCc3c(Cl)cc(Br)c(F)c31)C2. The fourth-order valence-electron chi connectivity index (χ4n) is 6.00. The summed E-state index contributed by atoms with van der Waals surface area (Å²) in [5.74, 6) is 0.413. The summed E-state index contributed by atoms with van der Waals surface area (Å²) in [6, 6.07) is 3.51. The molecule has 1 atom stereocenters. The topological polar surface area (TPSA) is 76.4 Å². The Labute approximate surface area is 244 Å². The second kappa shape index (κ2) is 10.3. The van der Waals surface area contributed by atoms with Gasteiger partial charge in [0.25, 0.3) is 5.91 Å². The van der Waals surface area contributed by atoms with E-state index in [0.717, 1.165) is 60.7 Å². The number of rotatable bonds is 3. The molecule has 4 heterocycles. The lowest BCUT2D eigenvalue weighted by Gasteiger charge is -2.43. The Morgan fingerprint density at radius 1 is 1.23 bits per heavy atom. The minimum absolute atomic E-state index is 0.114. The number of hydrogen-bond acceptors (Lipinski definition) is 7. The standard InChI is InChI=1S/C27H29BrClFN6O2S/c1-34(2)25(37)20-10-15-13-35(8-5-9-36(15)33-20)24-17-14-38-27(12-21(17)31-26(32-24)39-3)7-4-6-16-19(29)11-18(28)23(30)22(16)27/h10-11H,4-9,12-14H2,1-3H3. The number of aryl methyl sites for hydroxylation is 1. The van der Waals surface area contributed by atoms with Crippen LogP contribution in [0.3, 0.4) is 0 Å². The summed E-state index contributed by atoms with van der Waals surface area (Å²) in [7, 11) is 3.46. The van der Waals surface area contributed by atoms with Gasteiger partial charge < -0.3 is 14.5 Å². The monoisotopic (exact) mass is 634 g/mol. The summed E-state index contributed by atoms with van der Waals surface area (Å²) in [6.07, 6.45) is 5.55. The number of ether oxygens (including phenoxy) is 1. The van der Waals surface area contributed by atoms with E-state index in [0.29, 0.717) is 45.3 Å². The van der Waals surface area contributed by atoms with E-state index >= 15 is 4.39 Å². The van der Waals surface area contributed by atoms with Gasteiger partial charge in [0.15, 0.2) is 10.9 Å². The number of carbonyl (C=O) groups excluding carboxylic acids is 1. The number of aromatic nitrogens is 4. The quantitative estimate of drug-likeness (QED) is 0.218. The highest BCUT2D eigenvalue weighted by atomic mass is 79.9. The first-order valence-electron chi connectivity index (χ1n) is 13.0. The predicted octanol–water partition coefficient (Wildman–Crippen LogP) is 5.37. The Balaban J connectivity index is 1.39. The molecule has 6 rings (SSSR count). The number of benzene rings is 1. The zero-order chi connectivity index (χ0) is 27.5. The highest BCUT2D eigenvalue weighted by molar-refractivity contribution is 9.10. The molecule has 1 spiro atoms. The molecule has 1 aromatic carbocycles. The van der Waals surface area contributed by atoms with E-state index in [4.69, 9.17) is 26.3 Å². The van der Waals surface area contributed by atoms with Gasteiger partial charge in [-0.05, 0) is 65.6 Å². The first kappa shape index (κ1) is 27.0. The summed E-state index contributed by atoms with van der Waals surface area (Å²) in [6.45, 7) is 2.35. The Hall–Kier alpha value is -2.21. The van der Waals surface area contributed by atoms with E-state index in [-0.39, 0.29) is 18.3 Å². The van der Waals surface area contributed by atoms with Gasteiger partial charge in [0.05, 0.1) is 29.0 Å². The molecule has 0 bridgehead atoms. The zero-order valence-corrected chi connectivity index (χ0v) is 25.2. The molecule has 3 aliphatic rings. The van der Waals surface area contributed by atoms with Gasteiger partial charge in [-0.15, -0.1) is 0 Å². The van der Waals surface area contributed by atoms with Crippen molar-refractivity contribution in [3.63, 3.8) is 0 Å². The molecule has 2 aromatic heterocycles. The lowest BCUT2D eigenvalue weighted by atomic mass is 9.74. The van der Waals surface area contributed by atoms with Crippen LogP contribution in [-0.4, -0.2) is 57.5 Å². The number of nitrogens with zero attached hydrogens (tertiary/aromatic N) is 6. The molecule has 12 heteroatoms. The van der Waals surface area contributed by atoms with Crippen LogP contribution in [0.5, 0.6) is 0 Å². The molecule has 0 N–H and O–H groups in total. The van der Waals surface area contributed by atoms with Gasteiger partial charge in [-0.2, -0.15) is 5.10 Å². The third-order valence-electron chi connectivity index (χ3n) is 7.85. The minimum atomic E-state index is -0.821. The molecule has 1 amide bonds. The Morgan fingerprint density at radius 3 is 2.82 bits per heavy atom. The van der Waals surface area contributed by atoms with Gasteiger partial charge in [0.1, 0.15) is 17.2 Å². The number of carbonyl (C=O) groups is 1. The van der Waals surface area contributed by atoms with Crippen molar-refractivity contribution in [1.29, 1.82) is 0 Å². The van der Waals surface area contributed by atoms with Gasteiger partial charge in [0, 0.05) is 49.8 Å². The molecule has 3 aromatic rings. The molecule has 0 saturated carbocycles. The van der Waals surface area contributed by atoms with Crippen LogP contribution >= 0.6 is 39.3 Å². The first-order chi connectivity index (χ1) is 18.7. The van der Waals surface area contributed by atoms with E-state index < -0.39 is 5.60 Å². The third-order valence-corrected chi connectivity index (χ3v) is 9.32. The van der Waals surface area contributed by atoms with Crippen molar-refractivity contribution in [2.24, 2.45) is 0 Å². The first-order valence-corrected chi connectivity index (χ1v) is 15.4. The lowest BCUT2D eigenvalue weighted by molar-refractivity contribution is -0.0878. The Kier molecular flexibility index (Phi) is 7.14. The summed E-state index contributed by atoms with van der Waals surface area (Å²) in [5, 5.41) is 5.80. The molecule has 0 fully saturated rings. The Morgan fingerprint density at radius 2 is 2.05 bits per heavy atom. The van der Waals surface area contributed by atoms with E-state index in [1.807, 2.05) is 17.0 Å². The maximum atomic E-state index is 15.6. The van der Waals surface area contributed by atoms with E-state index in [2.05, 4.69) is 25.9 Å². The molecule has 0 saturated heterocycles. The van der Waals surface area contributed by atoms with Crippen molar-refractivity contribution in [2.45, 2.75) is 62.6 Å². The van der Waals surface area contributed by atoms with E-state index in [1.165, 1.54) is 16.7 Å². The van der Waals surface area contributed by atoms with Crippen molar-refractivity contribution in [3.05, 3.63) is 61.2 Å². The van der Waals surface area contributed by atoms with Crippen molar-refractivity contribution < 1.29 is 13.9 Å². The molecule has 39 heavy (non-hydrogen) atoms. The normalized spacial score (nSPS) is 20.3. The van der Waals surface area contributed by atoms with Crippen LogP contribution in [0.1, 0.15) is 57.8 Å². The van der Waals surface area contributed by atoms with Crippen LogP contribution in [0.25, 0.3) is 0 Å². The molecular weight excluding hydrogens is 607 g/mol. The molecule has 2 aliphatic heterocycles. The van der Waals surface area contributed by atoms with Gasteiger partial charge in [-0.25, -0.2) is 14.4 Å². The minimum Gasteiger partial charge on any atom is -0.365 e.